The van der Waals surface area contributed by atoms with Gasteiger partial charge in [0.05, 0.1) is 11.2 Å². The highest BCUT2D eigenvalue weighted by atomic mass is 32.2. The Labute approximate surface area is 160 Å². The molecule has 2 N–H and O–H groups in total. The minimum atomic E-state index is -3.63. The second-order valence-electron chi connectivity index (χ2n) is 6.06. The third-order valence-electron chi connectivity index (χ3n) is 4.23. The highest BCUT2D eigenvalue weighted by Gasteiger charge is 2.18. The maximum Gasteiger partial charge on any atom is 0.240 e. The molecule has 27 heavy (non-hydrogen) atoms. The fourth-order valence-electron chi connectivity index (χ4n) is 2.81. The summed E-state index contributed by atoms with van der Waals surface area (Å²) in [5, 5.41) is 12.1. The first-order valence-electron chi connectivity index (χ1n) is 8.31. The molecule has 0 aliphatic carbocycles. The van der Waals surface area contributed by atoms with Gasteiger partial charge < -0.3 is 9.52 Å². The molecule has 0 amide bonds. The normalized spacial score (nSPS) is 13.1. The van der Waals surface area contributed by atoms with E-state index >= 15 is 0 Å². The Hall–Kier alpha value is -2.45. The third-order valence-corrected chi connectivity index (χ3v) is 6.77. The van der Waals surface area contributed by atoms with Gasteiger partial charge in [0.25, 0.3) is 0 Å². The second-order valence-corrected chi connectivity index (χ2v) is 9.02. The molecule has 138 valence electrons. The Morgan fingerprint density at radius 1 is 1.00 bits per heavy atom. The van der Waals surface area contributed by atoms with Crippen molar-refractivity contribution in [3.05, 3.63) is 88.5 Å². The number of sulfonamides is 1. The van der Waals surface area contributed by atoms with E-state index in [1.54, 1.807) is 42.5 Å². The van der Waals surface area contributed by atoms with Gasteiger partial charge in [0, 0.05) is 16.3 Å². The molecule has 2 heterocycles. The molecule has 0 saturated carbocycles. The maximum absolute atomic E-state index is 12.6. The van der Waals surface area contributed by atoms with E-state index in [-0.39, 0.29) is 11.4 Å². The molecule has 0 aliphatic rings. The van der Waals surface area contributed by atoms with E-state index < -0.39 is 16.1 Å². The largest absolute Gasteiger partial charge is 0.466 e. The molecule has 0 bridgehead atoms. The standard InChI is InChI=1S/C20H17NO4S2/c22-20(18-6-3-11-25-18)19-10-8-16(26-19)13-21-27(23,24)17-9-7-14-4-1-2-5-15(14)12-17/h1-12,20-22H,13H2. The van der Waals surface area contributed by atoms with Crippen molar-refractivity contribution in [2.75, 3.05) is 0 Å². The van der Waals surface area contributed by atoms with Gasteiger partial charge in [-0.15, -0.1) is 11.3 Å². The molecule has 0 aliphatic heterocycles. The van der Waals surface area contributed by atoms with Crippen LogP contribution in [0.4, 0.5) is 0 Å². The van der Waals surface area contributed by atoms with Crippen molar-refractivity contribution in [1.82, 2.24) is 4.72 Å². The lowest BCUT2D eigenvalue weighted by molar-refractivity contribution is 0.193. The van der Waals surface area contributed by atoms with Crippen LogP contribution in [0.1, 0.15) is 21.6 Å². The van der Waals surface area contributed by atoms with E-state index in [2.05, 4.69) is 4.72 Å². The molecule has 1 unspecified atom stereocenters. The molecule has 2 aromatic heterocycles. The molecule has 0 radical (unpaired) electrons. The first-order chi connectivity index (χ1) is 13.0. The summed E-state index contributed by atoms with van der Waals surface area (Å²) in [6, 6.07) is 19.7. The molecule has 7 heteroatoms. The molecule has 2 aromatic carbocycles. The van der Waals surface area contributed by atoms with Gasteiger partial charge in [0.1, 0.15) is 11.9 Å². The second kappa shape index (κ2) is 7.28. The van der Waals surface area contributed by atoms with Crippen molar-refractivity contribution < 1.29 is 17.9 Å². The zero-order valence-corrected chi connectivity index (χ0v) is 15.8. The lowest BCUT2D eigenvalue weighted by Gasteiger charge is -2.07. The highest BCUT2D eigenvalue weighted by molar-refractivity contribution is 7.89. The quantitative estimate of drug-likeness (QED) is 0.513. The molecule has 4 rings (SSSR count). The van der Waals surface area contributed by atoms with Crippen LogP contribution in [0.15, 0.2) is 82.3 Å². The van der Waals surface area contributed by atoms with Crippen molar-refractivity contribution in [3.63, 3.8) is 0 Å². The Morgan fingerprint density at radius 3 is 2.59 bits per heavy atom. The van der Waals surface area contributed by atoms with Gasteiger partial charge in [0.2, 0.25) is 10.0 Å². The molecule has 0 spiro atoms. The van der Waals surface area contributed by atoms with Crippen molar-refractivity contribution in [3.8, 4) is 0 Å². The van der Waals surface area contributed by atoms with Crippen LogP contribution >= 0.6 is 11.3 Å². The fourth-order valence-corrected chi connectivity index (χ4v) is 4.89. The van der Waals surface area contributed by atoms with Crippen molar-refractivity contribution in [2.24, 2.45) is 0 Å². The zero-order valence-electron chi connectivity index (χ0n) is 14.2. The van der Waals surface area contributed by atoms with Gasteiger partial charge in [-0.25, -0.2) is 13.1 Å². The van der Waals surface area contributed by atoms with E-state index in [1.165, 1.54) is 17.6 Å². The van der Waals surface area contributed by atoms with Crippen LogP contribution in [0.5, 0.6) is 0 Å². The van der Waals surface area contributed by atoms with Gasteiger partial charge in [0.15, 0.2) is 0 Å². The monoisotopic (exact) mass is 399 g/mol. The summed E-state index contributed by atoms with van der Waals surface area (Å²) in [5.41, 5.74) is 0. The number of aliphatic hydroxyl groups is 1. The lowest BCUT2D eigenvalue weighted by Crippen LogP contribution is -2.22. The maximum atomic E-state index is 12.6. The Kier molecular flexibility index (Phi) is 4.84. The van der Waals surface area contributed by atoms with Crippen LogP contribution in [-0.2, 0) is 16.6 Å². The summed E-state index contributed by atoms with van der Waals surface area (Å²) in [6.07, 6.45) is 0.654. The third kappa shape index (κ3) is 3.81. The topological polar surface area (TPSA) is 79.5 Å². The summed E-state index contributed by atoms with van der Waals surface area (Å²) in [6.45, 7) is 0.157. The number of hydrogen-bond donors (Lipinski definition) is 2. The van der Waals surface area contributed by atoms with Crippen LogP contribution in [0.25, 0.3) is 10.8 Å². The first-order valence-corrected chi connectivity index (χ1v) is 10.6. The Morgan fingerprint density at radius 2 is 1.81 bits per heavy atom. The van der Waals surface area contributed by atoms with Crippen LogP contribution in [0.3, 0.4) is 0 Å². The van der Waals surface area contributed by atoms with Gasteiger partial charge >= 0.3 is 0 Å². The lowest BCUT2D eigenvalue weighted by atomic mass is 10.1. The first kappa shape index (κ1) is 17.9. The van der Waals surface area contributed by atoms with Crippen LogP contribution < -0.4 is 4.72 Å². The number of furan rings is 1. The molecule has 5 nitrogen and oxygen atoms in total. The molecule has 4 aromatic rings. The van der Waals surface area contributed by atoms with Crippen LogP contribution in [0.2, 0.25) is 0 Å². The smallest absolute Gasteiger partial charge is 0.240 e. The molecule has 1 atom stereocenters. The molecular formula is C20H17NO4S2. The van der Waals surface area contributed by atoms with E-state index in [0.717, 1.165) is 15.6 Å². The van der Waals surface area contributed by atoms with E-state index in [1.807, 2.05) is 24.3 Å². The fraction of sp³-hybridized carbons (Fsp3) is 0.100. The van der Waals surface area contributed by atoms with Crippen LogP contribution in [0, 0.1) is 0 Å². The Balaban J connectivity index is 1.49. The molecular weight excluding hydrogens is 382 g/mol. The number of benzene rings is 2. The minimum Gasteiger partial charge on any atom is -0.466 e. The summed E-state index contributed by atoms with van der Waals surface area (Å²) in [5.74, 6) is 0.458. The average molecular weight is 399 g/mol. The van der Waals surface area contributed by atoms with Gasteiger partial charge in [-0.05, 0) is 47.2 Å². The summed E-state index contributed by atoms with van der Waals surface area (Å²) < 4.78 is 33.0. The Bertz CT molecular complexity index is 1160. The summed E-state index contributed by atoms with van der Waals surface area (Å²) in [7, 11) is -3.63. The SMILES string of the molecule is O=S(=O)(NCc1ccc(C(O)c2ccco2)s1)c1ccc2ccccc2c1. The van der Waals surface area contributed by atoms with Crippen LogP contribution in [-0.4, -0.2) is 13.5 Å². The van der Waals surface area contributed by atoms with Crippen molar-refractivity contribution in [1.29, 1.82) is 0 Å². The van der Waals surface area contributed by atoms with Crippen molar-refractivity contribution >= 4 is 32.1 Å². The van der Waals surface area contributed by atoms with Gasteiger partial charge in [-0.3, -0.25) is 0 Å². The molecule has 0 saturated heterocycles. The summed E-state index contributed by atoms with van der Waals surface area (Å²) >= 11 is 1.34. The molecule has 0 fully saturated rings. The van der Waals surface area contributed by atoms with E-state index in [4.69, 9.17) is 4.42 Å². The summed E-state index contributed by atoms with van der Waals surface area (Å²) in [4.78, 5) is 1.73. The number of hydrogen-bond acceptors (Lipinski definition) is 5. The number of thiophene rings is 1. The number of aliphatic hydroxyl groups excluding tert-OH is 1. The van der Waals surface area contributed by atoms with Gasteiger partial charge in [-0.2, -0.15) is 0 Å². The number of rotatable bonds is 6. The minimum absolute atomic E-state index is 0.157. The zero-order chi connectivity index (χ0) is 18.9. The number of fused-ring (bicyclic) bond motifs is 1. The van der Waals surface area contributed by atoms with E-state index in [9.17, 15) is 13.5 Å². The predicted octanol–water partition coefficient (Wildman–Crippen LogP) is 4.05. The number of nitrogens with one attached hydrogen (secondary N) is 1. The van der Waals surface area contributed by atoms with Crippen molar-refractivity contribution in [2.45, 2.75) is 17.5 Å². The van der Waals surface area contributed by atoms with E-state index in [0.29, 0.717) is 10.6 Å². The van der Waals surface area contributed by atoms with Gasteiger partial charge in [-0.1, -0.05) is 30.3 Å². The highest BCUT2D eigenvalue weighted by Crippen LogP contribution is 2.29. The average Bonchev–Trinajstić information content (AvgIpc) is 3.37. The predicted molar refractivity (Wildman–Crippen MR) is 105 cm³/mol.